The molecule has 1 aromatic heterocycles. The Hall–Kier alpha value is -3.34. The van der Waals surface area contributed by atoms with Gasteiger partial charge in [-0.3, -0.25) is 4.79 Å². The lowest BCUT2D eigenvalue weighted by molar-refractivity contribution is 0.102. The molecule has 27 heavy (non-hydrogen) atoms. The minimum Gasteiger partial charge on any atom is -0.495 e. The van der Waals surface area contributed by atoms with Crippen molar-refractivity contribution in [2.45, 2.75) is 20.8 Å². The van der Waals surface area contributed by atoms with Gasteiger partial charge < -0.3 is 15.4 Å². The summed E-state index contributed by atoms with van der Waals surface area (Å²) in [5, 5.41) is 6.21. The molecular weight excluding hydrogens is 338 g/mol. The molecule has 0 aliphatic rings. The molecule has 0 bridgehead atoms. The third-order valence-corrected chi connectivity index (χ3v) is 4.30. The number of ether oxygens (including phenoxy) is 1. The number of rotatable bonds is 5. The van der Waals surface area contributed by atoms with Crippen LogP contribution in [0.1, 0.15) is 27.2 Å². The minimum absolute atomic E-state index is 0.284. The summed E-state index contributed by atoms with van der Waals surface area (Å²) < 4.78 is 5.25. The first-order valence-electron chi connectivity index (χ1n) is 8.73. The maximum atomic E-state index is 12.4. The van der Waals surface area contributed by atoms with Crippen molar-refractivity contribution in [3.63, 3.8) is 0 Å². The fourth-order valence-electron chi connectivity index (χ4n) is 3.06. The molecular formula is C22H23N3O2. The normalized spacial score (nSPS) is 10.4. The Morgan fingerprint density at radius 2 is 1.70 bits per heavy atom. The number of para-hydroxylation sites is 2. The van der Waals surface area contributed by atoms with Crippen LogP contribution in [0.2, 0.25) is 0 Å². The van der Waals surface area contributed by atoms with Gasteiger partial charge in [-0.15, -0.1) is 0 Å². The summed E-state index contributed by atoms with van der Waals surface area (Å²) in [6.45, 7) is 6.23. The van der Waals surface area contributed by atoms with Crippen molar-refractivity contribution in [2.75, 3.05) is 17.7 Å². The Bertz CT molecular complexity index is 943. The van der Waals surface area contributed by atoms with Crippen LogP contribution in [-0.2, 0) is 0 Å². The van der Waals surface area contributed by atoms with Crippen LogP contribution < -0.4 is 15.4 Å². The smallest absolute Gasteiger partial charge is 0.274 e. The van der Waals surface area contributed by atoms with E-state index in [1.54, 1.807) is 31.5 Å². The second-order valence-corrected chi connectivity index (χ2v) is 6.49. The lowest BCUT2D eigenvalue weighted by atomic mass is 10.0. The van der Waals surface area contributed by atoms with Gasteiger partial charge in [-0.2, -0.15) is 0 Å². The summed E-state index contributed by atoms with van der Waals surface area (Å²) in [4.78, 5) is 16.7. The number of benzene rings is 2. The van der Waals surface area contributed by atoms with Crippen molar-refractivity contribution >= 4 is 23.0 Å². The molecule has 5 nitrogen and oxygen atoms in total. The number of hydrogen-bond acceptors (Lipinski definition) is 4. The van der Waals surface area contributed by atoms with E-state index in [4.69, 9.17) is 4.74 Å². The van der Waals surface area contributed by atoms with Crippen molar-refractivity contribution in [3.05, 3.63) is 77.1 Å². The van der Waals surface area contributed by atoms with Gasteiger partial charge in [-0.05, 0) is 56.2 Å². The molecule has 138 valence electrons. The molecule has 0 unspecified atom stereocenters. The average molecular weight is 361 g/mol. The van der Waals surface area contributed by atoms with E-state index in [0.29, 0.717) is 17.1 Å². The fraction of sp³-hybridized carbons (Fsp3) is 0.182. The first-order chi connectivity index (χ1) is 13.0. The standard InChI is InChI=1S/C22H23N3O2/c1-14-11-15(2)21(16(3)12-14)24-17-9-10-19(23-13-17)22(26)25-18-7-5-6-8-20(18)27-4/h5-13,24H,1-4H3,(H,25,26). The SMILES string of the molecule is COc1ccccc1NC(=O)c1ccc(Nc2c(C)cc(C)cc2C)cn1. The minimum atomic E-state index is -0.284. The molecule has 1 heterocycles. The molecule has 0 atom stereocenters. The van der Waals surface area contributed by atoms with Gasteiger partial charge >= 0.3 is 0 Å². The maximum Gasteiger partial charge on any atom is 0.274 e. The van der Waals surface area contributed by atoms with E-state index in [1.165, 1.54) is 16.7 Å². The number of amides is 1. The largest absolute Gasteiger partial charge is 0.495 e. The van der Waals surface area contributed by atoms with Crippen LogP contribution in [0.3, 0.4) is 0 Å². The molecule has 5 heteroatoms. The summed E-state index contributed by atoms with van der Waals surface area (Å²) in [6, 6.07) is 15.1. The number of anilines is 3. The van der Waals surface area contributed by atoms with Crippen LogP contribution in [0.25, 0.3) is 0 Å². The van der Waals surface area contributed by atoms with E-state index in [1.807, 2.05) is 18.2 Å². The number of carbonyl (C=O) groups excluding carboxylic acids is 1. The first-order valence-corrected chi connectivity index (χ1v) is 8.73. The lowest BCUT2D eigenvalue weighted by Crippen LogP contribution is -2.14. The zero-order valence-corrected chi connectivity index (χ0v) is 16.0. The first kappa shape index (κ1) is 18.5. The summed E-state index contributed by atoms with van der Waals surface area (Å²) in [6.07, 6.45) is 1.66. The van der Waals surface area contributed by atoms with E-state index in [0.717, 1.165) is 11.4 Å². The zero-order valence-electron chi connectivity index (χ0n) is 16.0. The van der Waals surface area contributed by atoms with Crippen LogP contribution in [0.15, 0.2) is 54.7 Å². The van der Waals surface area contributed by atoms with Crippen molar-refractivity contribution in [1.29, 1.82) is 0 Å². The molecule has 0 aliphatic carbocycles. The Morgan fingerprint density at radius 1 is 1.00 bits per heavy atom. The number of aryl methyl sites for hydroxylation is 3. The summed E-state index contributed by atoms with van der Waals surface area (Å²) in [5.74, 6) is 0.322. The van der Waals surface area contributed by atoms with Crippen LogP contribution >= 0.6 is 0 Å². The van der Waals surface area contributed by atoms with Crippen molar-refractivity contribution < 1.29 is 9.53 Å². The van der Waals surface area contributed by atoms with E-state index >= 15 is 0 Å². The second kappa shape index (κ2) is 7.91. The molecule has 3 rings (SSSR count). The Labute approximate surface area is 159 Å². The third-order valence-electron chi connectivity index (χ3n) is 4.30. The van der Waals surface area contributed by atoms with Crippen LogP contribution in [0, 0.1) is 20.8 Å². The quantitative estimate of drug-likeness (QED) is 0.670. The average Bonchev–Trinajstić information content (AvgIpc) is 2.65. The highest BCUT2D eigenvalue weighted by Crippen LogP contribution is 2.26. The summed E-state index contributed by atoms with van der Waals surface area (Å²) in [7, 11) is 1.57. The molecule has 0 saturated heterocycles. The molecule has 2 aromatic carbocycles. The molecule has 0 saturated carbocycles. The number of carbonyl (C=O) groups is 1. The van der Waals surface area contributed by atoms with Gasteiger partial charge in [-0.25, -0.2) is 4.98 Å². The highest BCUT2D eigenvalue weighted by molar-refractivity contribution is 6.03. The number of hydrogen-bond donors (Lipinski definition) is 2. The van der Waals surface area contributed by atoms with Gasteiger partial charge in [0.2, 0.25) is 0 Å². The van der Waals surface area contributed by atoms with Crippen LogP contribution in [0.4, 0.5) is 17.1 Å². The van der Waals surface area contributed by atoms with Crippen molar-refractivity contribution in [1.82, 2.24) is 4.98 Å². The zero-order chi connectivity index (χ0) is 19.4. The Morgan fingerprint density at radius 3 is 2.33 bits per heavy atom. The fourth-order valence-corrected chi connectivity index (χ4v) is 3.06. The lowest BCUT2D eigenvalue weighted by Gasteiger charge is -2.14. The Balaban J connectivity index is 1.75. The predicted octanol–water partition coefficient (Wildman–Crippen LogP) is 5.01. The van der Waals surface area contributed by atoms with Gasteiger partial charge in [0.05, 0.1) is 24.7 Å². The van der Waals surface area contributed by atoms with Crippen LogP contribution in [0.5, 0.6) is 5.75 Å². The van der Waals surface area contributed by atoms with Gasteiger partial charge in [0.1, 0.15) is 11.4 Å². The summed E-state index contributed by atoms with van der Waals surface area (Å²) >= 11 is 0. The highest BCUT2D eigenvalue weighted by atomic mass is 16.5. The molecule has 0 fully saturated rings. The second-order valence-electron chi connectivity index (χ2n) is 6.49. The number of nitrogens with zero attached hydrogens (tertiary/aromatic N) is 1. The van der Waals surface area contributed by atoms with E-state index in [2.05, 4.69) is 48.5 Å². The number of methoxy groups -OCH3 is 1. The van der Waals surface area contributed by atoms with Crippen molar-refractivity contribution in [2.24, 2.45) is 0 Å². The predicted molar refractivity (Wildman–Crippen MR) is 109 cm³/mol. The van der Waals surface area contributed by atoms with E-state index < -0.39 is 0 Å². The summed E-state index contributed by atoms with van der Waals surface area (Å²) in [5.41, 5.74) is 6.42. The molecule has 2 N–H and O–H groups in total. The van der Waals surface area contributed by atoms with Crippen molar-refractivity contribution in [3.8, 4) is 5.75 Å². The number of nitrogens with one attached hydrogen (secondary N) is 2. The Kier molecular flexibility index (Phi) is 5.41. The molecule has 0 spiro atoms. The molecule has 0 aliphatic heterocycles. The molecule has 3 aromatic rings. The van der Waals surface area contributed by atoms with E-state index in [-0.39, 0.29) is 5.91 Å². The van der Waals surface area contributed by atoms with Gasteiger partial charge in [0, 0.05) is 5.69 Å². The van der Waals surface area contributed by atoms with Gasteiger partial charge in [0.15, 0.2) is 0 Å². The highest BCUT2D eigenvalue weighted by Gasteiger charge is 2.11. The monoisotopic (exact) mass is 361 g/mol. The third kappa shape index (κ3) is 4.26. The van der Waals surface area contributed by atoms with Gasteiger partial charge in [-0.1, -0.05) is 29.8 Å². The number of pyridine rings is 1. The van der Waals surface area contributed by atoms with Gasteiger partial charge in [0.25, 0.3) is 5.91 Å². The molecule has 0 radical (unpaired) electrons. The number of aromatic nitrogens is 1. The van der Waals surface area contributed by atoms with Crippen LogP contribution in [-0.4, -0.2) is 18.0 Å². The molecule has 1 amide bonds. The van der Waals surface area contributed by atoms with E-state index in [9.17, 15) is 4.79 Å². The maximum absolute atomic E-state index is 12.4. The topological polar surface area (TPSA) is 63.2 Å².